The van der Waals surface area contributed by atoms with E-state index < -0.39 is 0 Å². The molecule has 1 aromatic heterocycles. The van der Waals surface area contributed by atoms with Gasteiger partial charge in [0, 0.05) is 50.9 Å². The molecular weight excluding hydrogens is 479 g/mol. The number of likely N-dealkylation sites (tertiary alicyclic amines) is 1. The van der Waals surface area contributed by atoms with E-state index in [1.807, 2.05) is 11.8 Å². The van der Waals surface area contributed by atoms with Gasteiger partial charge in [0.2, 0.25) is 5.91 Å². The second-order valence-electron chi connectivity index (χ2n) is 8.56. The molecule has 2 fully saturated rings. The Bertz CT molecular complexity index is 697. The van der Waals surface area contributed by atoms with E-state index >= 15 is 0 Å². The van der Waals surface area contributed by atoms with Crippen LogP contribution in [0.4, 0.5) is 0 Å². The molecule has 164 valence electrons. The Hall–Kier alpha value is -1.32. The molecule has 3 rings (SSSR count). The molecule has 1 aromatic rings. The molecule has 8 heteroatoms. The van der Waals surface area contributed by atoms with Gasteiger partial charge in [-0.3, -0.25) is 14.5 Å². The fourth-order valence-electron chi connectivity index (χ4n) is 4.39. The van der Waals surface area contributed by atoms with Crippen molar-refractivity contribution in [3.8, 4) is 0 Å². The number of aromatic nitrogens is 2. The van der Waals surface area contributed by atoms with Crippen molar-refractivity contribution in [2.24, 2.45) is 16.8 Å². The molecule has 1 saturated carbocycles. The number of hydrogen-bond acceptors (Lipinski definition) is 3. The number of carbonyl (C=O) groups excluding carboxylic acids is 1. The SMILES string of the molecule is CN=C(NCC(C)Cn1nc(C)cc1C)NC1CCN(C(=O)C2CCCC2)C1.I. The van der Waals surface area contributed by atoms with E-state index in [1.165, 1.54) is 18.5 Å². The maximum absolute atomic E-state index is 12.6. The first-order chi connectivity index (χ1) is 13.5. The quantitative estimate of drug-likeness (QED) is 0.347. The highest BCUT2D eigenvalue weighted by Crippen LogP contribution is 2.27. The van der Waals surface area contributed by atoms with Crippen LogP contribution in [0.5, 0.6) is 0 Å². The fraction of sp³-hybridized carbons (Fsp3) is 0.762. The van der Waals surface area contributed by atoms with E-state index in [-0.39, 0.29) is 35.9 Å². The molecule has 2 N–H and O–H groups in total. The number of rotatable bonds is 6. The molecule has 0 bridgehead atoms. The van der Waals surface area contributed by atoms with Gasteiger partial charge < -0.3 is 15.5 Å². The summed E-state index contributed by atoms with van der Waals surface area (Å²) in [6, 6.07) is 2.39. The van der Waals surface area contributed by atoms with E-state index in [1.54, 1.807) is 7.05 Å². The number of nitrogens with zero attached hydrogens (tertiary/aromatic N) is 4. The summed E-state index contributed by atoms with van der Waals surface area (Å²) in [5.41, 5.74) is 2.26. The van der Waals surface area contributed by atoms with E-state index in [0.717, 1.165) is 57.1 Å². The van der Waals surface area contributed by atoms with Crippen molar-refractivity contribution >= 4 is 35.8 Å². The zero-order chi connectivity index (χ0) is 20.1. The summed E-state index contributed by atoms with van der Waals surface area (Å²) in [6.07, 6.45) is 5.55. The molecule has 29 heavy (non-hydrogen) atoms. The molecule has 0 radical (unpaired) electrons. The normalized spacial score (nSPS) is 21.2. The number of guanidine groups is 1. The van der Waals surface area contributed by atoms with Crippen LogP contribution in [0.25, 0.3) is 0 Å². The molecule has 2 atom stereocenters. The minimum Gasteiger partial charge on any atom is -0.356 e. The van der Waals surface area contributed by atoms with Gasteiger partial charge in [-0.1, -0.05) is 19.8 Å². The second kappa shape index (κ2) is 11.2. The first kappa shape index (κ1) is 24.0. The third-order valence-electron chi connectivity index (χ3n) is 5.97. The van der Waals surface area contributed by atoms with Crippen LogP contribution < -0.4 is 10.6 Å². The Morgan fingerprint density at radius 1 is 1.31 bits per heavy atom. The Balaban J connectivity index is 0.00000300. The smallest absolute Gasteiger partial charge is 0.225 e. The monoisotopic (exact) mass is 516 g/mol. The zero-order valence-corrected chi connectivity index (χ0v) is 20.6. The van der Waals surface area contributed by atoms with Crippen molar-refractivity contribution < 1.29 is 4.79 Å². The first-order valence-corrected chi connectivity index (χ1v) is 10.7. The lowest BCUT2D eigenvalue weighted by atomic mass is 10.1. The van der Waals surface area contributed by atoms with Crippen LogP contribution in [0.2, 0.25) is 0 Å². The molecule has 0 aromatic carbocycles. The first-order valence-electron chi connectivity index (χ1n) is 10.7. The highest BCUT2D eigenvalue weighted by atomic mass is 127. The van der Waals surface area contributed by atoms with E-state index in [0.29, 0.717) is 11.8 Å². The molecule has 1 amide bonds. The van der Waals surface area contributed by atoms with Crippen molar-refractivity contribution in [1.29, 1.82) is 0 Å². The Morgan fingerprint density at radius 3 is 2.66 bits per heavy atom. The summed E-state index contributed by atoms with van der Waals surface area (Å²) in [6.45, 7) is 9.70. The molecule has 2 unspecified atom stereocenters. The minimum atomic E-state index is 0. The largest absolute Gasteiger partial charge is 0.356 e. The zero-order valence-electron chi connectivity index (χ0n) is 18.3. The third-order valence-corrected chi connectivity index (χ3v) is 5.97. The average molecular weight is 516 g/mol. The van der Waals surface area contributed by atoms with Crippen LogP contribution in [0.15, 0.2) is 11.1 Å². The number of nitrogens with one attached hydrogen (secondary N) is 2. The molecule has 2 heterocycles. The van der Waals surface area contributed by atoms with E-state index in [2.05, 4.69) is 45.3 Å². The average Bonchev–Trinajstić information content (AvgIpc) is 3.40. The van der Waals surface area contributed by atoms with Gasteiger partial charge in [-0.05, 0) is 45.1 Å². The van der Waals surface area contributed by atoms with Gasteiger partial charge in [-0.25, -0.2) is 0 Å². The van der Waals surface area contributed by atoms with Gasteiger partial charge >= 0.3 is 0 Å². The summed E-state index contributed by atoms with van der Waals surface area (Å²) in [7, 11) is 1.80. The Labute approximate surface area is 192 Å². The van der Waals surface area contributed by atoms with Gasteiger partial charge in [0.05, 0.1) is 5.69 Å². The number of aryl methyl sites for hydroxylation is 2. The van der Waals surface area contributed by atoms with Crippen molar-refractivity contribution in [1.82, 2.24) is 25.3 Å². The lowest BCUT2D eigenvalue weighted by molar-refractivity contribution is -0.134. The van der Waals surface area contributed by atoms with E-state index in [4.69, 9.17) is 0 Å². The number of hydrogen-bond donors (Lipinski definition) is 2. The molecule has 1 saturated heterocycles. The molecule has 7 nitrogen and oxygen atoms in total. The van der Waals surface area contributed by atoms with Crippen LogP contribution in [-0.2, 0) is 11.3 Å². The number of amides is 1. The van der Waals surface area contributed by atoms with Crippen LogP contribution >= 0.6 is 24.0 Å². The molecular formula is C21H37IN6O. The van der Waals surface area contributed by atoms with Crippen LogP contribution in [-0.4, -0.2) is 59.3 Å². The Morgan fingerprint density at radius 2 is 2.03 bits per heavy atom. The minimum absolute atomic E-state index is 0. The van der Waals surface area contributed by atoms with Crippen molar-refractivity contribution in [3.05, 3.63) is 17.5 Å². The van der Waals surface area contributed by atoms with Gasteiger partial charge in [-0.15, -0.1) is 24.0 Å². The maximum Gasteiger partial charge on any atom is 0.225 e. The molecule has 2 aliphatic rings. The highest BCUT2D eigenvalue weighted by molar-refractivity contribution is 14.0. The predicted molar refractivity (Wildman–Crippen MR) is 128 cm³/mol. The summed E-state index contributed by atoms with van der Waals surface area (Å²) >= 11 is 0. The standard InChI is InChI=1S/C21H36N6O.HI/c1-15(13-27-17(3)11-16(2)25-27)12-23-21(22-4)24-19-9-10-26(14-19)20(28)18-7-5-6-8-18;/h11,15,18-19H,5-10,12-14H2,1-4H3,(H2,22,23,24);1H. The molecule has 0 spiro atoms. The second-order valence-corrected chi connectivity index (χ2v) is 8.56. The summed E-state index contributed by atoms with van der Waals surface area (Å²) in [5, 5.41) is 11.5. The fourth-order valence-corrected chi connectivity index (χ4v) is 4.39. The number of aliphatic imine (C=N–C) groups is 1. The van der Waals surface area contributed by atoms with Crippen molar-refractivity contribution in [3.63, 3.8) is 0 Å². The van der Waals surface area contributed by atoms with Gasteiger partial charge in [0.15, 0.2) is 5.96 Å². The summed E-state index contributed by atoms with van der Waals surface area (Å²) < 4.78 is 2.07. The molecule has 1 aliphatic heterocycles. The molecule has 1 aliphatic carbocycles. The number of carbonyl (C=O) groups is 1. The van der Waals surface area contributed by atoms with Gasteiger partial charge in [0.1, 0.15) is 0 Å². The van der Waals surface area contributed by atoms with Crippen LogP contribution in [0.3, 0.4) is 0 Å². The predicted octanol–water partition coefficient (Wildman–Crippen LogP) is 2.71. The van der Waals surface area contributed by atoms with Gasteiger partial charge in [-0.2, -0.15) is 5.10 Å². The lowest BCUT2D eigenvalue weighted by Gasteiger charge is -2.22. The van der Waals surface area contributed by atoms with Crippen molar-refractivity contribution in [2.75, 3.05) is 26.7 Å². The summed E-state index contributed by atoms with van der Waals surface area (Å²) in [4.78, 5) is 19.0. The number of halogens is 1. The van der Waals surface area contributed by atoms with Gasteiger partial charge in [0.25, 0.3) is 0 Å². The van der Waals surface area contributed by atoms with E-state index in [9.17, 15) is 4.79 Å². The van der Waals surface area contributed by atoms with Crippen LogP contribution in [0.1, 0.15) is 50.4 Å². The van der Waals surface area contributed by atoms with Crippen LogP contribution in [0, 0.1) is 25.7 Å². The summed E-state index contributed by atoms with van der Waals surface area (Å²) in [5.74, 6) is 1.88. The Kier molecular flexibility index (Phi) is 9.23. The topological polar surface area (TPSA) is 74.6 Å². The third kappa shape index (κ3) is 6.58. The maximum atomic E-state index is 12.6. The van der Waals surface area contributed by atoms with Crippen molar-refractivity contribution in [2.45, 2.75) is 65.5 Å². The lowest BCUT2D eigenvalue weighted by Crippen LogP contribution is -2.46. The highest BCUT2D eigenvalue weighted by Gasteiger charge is 2.32.